The number of fused-ring (bicyclic) bond motifs is 1. The summed E-state index contributed by atoms with van der Waals surface area (Å²) in [4.78, 5) is 37.7. The van der Waals surface area contributed by atoms with Gasteiger partial charge in [0.25, 0.3) is 5.91 Å². The predicted molar refractivity (Wildman–Crippen MR) is 102 cm³/mol. The molecule has 0 spiro atoms. The second-order valence-corrected chi connectivity index (χ2v) is 7.27. The van der Waals surface area contributed by atoms with Crippen molar-refractivity contribution in [2.45, 2.75) is 19.9 Å². The Balaban J connectivity index is 1.70. The van der Waals surface area contributed by atoms with E-state index in [1.54, 1.807) is 36.9 Å². The number of esters is 1. The number of amides is 1. The first-order chi connectivity index (χ1) is 13.0. The lowest BCUT2D eigenvalue weighted by molar-refractivity contribution is -0.154. The second kappa shape index (κ2) is 8.47. The predicted octanol–water partition coefficient (Wildman–Crippen LogP) is 1.99. The minimum atomic E-state index is -0.586. The van der Waals surface area contributed by atoms with E-state index < -0.39 is 11.7 Å². The van der Waals surface area contributed by atoms with Crippen LogP contribution in [0.25, 0.3) is 11.0 Å². The Kier molecular flexibility index (Phi) is 6.05. The Hall–Kier alpha value is -2.48. The Labute approximate surface area is 160 Å². The lowest BCUT2D eigenvalue weighted by atomic mass is 10.1. The van der Waals surface area contributed by atoms with E-state index in [2.05, 4.69) is 0 Å². The zero-order valence-corrected chi connectivity index (χ0v) is 16.0. The number of carbonyl (C=O) groups is 2. The van der Waals surface area contributed by atoms with Crippen molar-refractivity contribution >= 4 is 34.6 Å². The van der Waals surface area contributed by atoms with Crippen LogP contribution >= 0.6 is 11.8 Å². The van der Waals surface area contributed by atoms with E-state index in [9.17, 15) is 14.4 Å². The molecule has 1 amide bonds. The van der Waals surface area contributed by atoms with E-state index >= 15 is 0 Å². The van der Waals surface area contributed by atoms with Gasteiger partial charge in [0.15, 0.2) is 6.61 Å². The first-order valence-electron chi connectivity index (χ1n) is 8.70. The number of thioether (sulfide) groups is 1. The zero-order chi connectivity index (χ0) is 19.4. The van der Waals surface area contributed by atoms with Gasteiger partial charge < -0.3 is 18.8 Å². The minimum Gasteiger partial charge on any atom is -0.484 e. The van der Waals surface area contributed by atoms with Gasteiger partial charge in [0.1, 0.15) is 17.4 Å². The molecule has 0 saturated carbocycles. The largest absolute Gasteiger partial charge is 0.484 e. The average Bonchev–Trinajstić information content (AvgIpc) is 2.65. The molecule has 0 bridgehead atoms. The number of rotatable bonds is 5. The lowest BCUT2D eigenvalue weighted by Gasteiger charge is -2.33. The molecular weight excluding hydrogens is 370 g/mol. The van der Waals surface area contributed by atoms with Crippen molar-refractivity contribution < 1.29 is 23.5 Å². The van der Waals surface area contributed by atoms with Crippen LogP contribution in [0.3, 0.4) is 0 Å². The van der Waals surface area contributed by atoms with Crippen LogP contribution in [0.15, 0.2) is 33.5 Å². The van der Waals surface area contributed by atoms with Gasteiger partial charge in [-0.1, -0.05) is 0 Å². The lowest BCUT2D eigenvalue weighted by Crippen LogP contribution is -2.52. The first-order valence-corrected chi connectivity index (χ1v) is 9.86. The van der Waals surface area contributed by atoms with E-state index in [1.165, 1.54) is 11.0 Å². The third-order valence-corrected chi connectivity index (χ3v) is 5.32. The van der Waals surface area contributed by atoms with Crippen molar-refractivity contribution in [3.8, 4) is 5.75 Å². The molecular formula is C19H21NO6S. The monoisotopic (exact) mass is 391 g/mol. The zero-order valence-electron chi connectivity index (χ0n) is 15.2. The topological polar surface area (TPSA) is 86.0 Å². The molecule has 0 N–H and O–H groups in total. The number of nitrogens with zero attached hydrogens (tertiary/aromatic N) is 1. The summed E-state index contributed by atoms with van der Waals surface area (Å²) in [5.74, 6) is 1.04. The van der Waals surface area contributed by atoms with Gasteiger partial charge in [0.05, 0.1) is 6.61 Å². The molecule has 2 aromatic rings. The fraction of sp³-hybridized carbons (Fsp3) is 0.421. The van der Waals surface area contributed by atoms with Crippen molar-refractivity contribution in [1.29, 1.82) is 0 Å². The fourth-order valence-corrected chi connectivity index (χ4v) is 3.99. The highest BCUT2D eigenvalue weighted by atomic mass is 32.2. The standard InChI is InChI=1S/C19H21NO6S/c1-3-24-19(23)15-11-27-7-6-20(15)17(21)10-25-13-4-5-14-12(2)8-18(22)26-16(14)9-13/h4-5,8-9,15H,3,6-7,10-11H2,1-2H3. The molecule has 7 nitrogen and oxygen atoms in total. The van der Waals surface area contributed by atoms with E-state index in [1.807, 2.05) is 6.92 Å². The smallest absolute Gasteiger partial charge is 0.336 e. The first kappa shape index (κ1) is 19.3. The quantitative estimate of drug-likeness (QED) is 0.569. The van der Waals surface area contributed by atoms with Gasteiger partial charge in [-0.25, -0.2) is 9.59 Å². The third kappa shape index (κ3) is 4.44. The fourth-order valence-electron chi connectivity index (χ4n) is 2.96. The highest BCUT2D eigenvalue weighted by molar-refractivity contribution is 7.99. The Morgan fingerprint density at radius 2 is 2.15 bits per heavy atom. The Morgan fingerprint density at radius 3 is 2.93 bits per heavy atom. The van der Waals surface area contributed by atoms with Gasteiger partial charge in [-0.2, -0.15) is 11.8 Å². The second-order valence-electron chi connectivity index (χ2n) is 6.12. The van der Waals surface area contributed by atoms with Crippen LogP contribution < -0.4 is 10.4 Å². The summed E-state index contributed by atoms with van der Waals surface area (Å²) in [6.45, 7) is 4.11. The molecule has 27 heavy (non-hydrogen) atoms. The Morgan fingerprint density at radius 1 is 1.33 bits per heavy atom. The molecule has 1 aromatic carbocycles. The molecule has 1 saturated heterocycles. The summed E-state index contributed by atoms with van der Waals surface area (Å²) < 4.78 is 15.8. The van der Waals surface area contributed by atoms with Crippen molar-refractivity contribution in [3.05, 3.63) is 40.2 Å². The van der Waals surface area contributed by atoms with Crippen LogP contribution in [-0.2, 0) is 14.3 Å². The molecule has 1 aliphatic heterocycles. The van der Waals surface area contributed by atoms with Crippen molar-refractivity contribution in [3.63, 3.8) is 0 Å². The van der Waals surface area contributed by atoms with Crippen LogP contribution in [0, 0.1) is 6.92 Å². The van der Waals surface area contributed by atoms with Gasteiger partial charge in [-0.3, -0.25) is 4.79 Å². The highest BCUT2D eigenvalue weighted by Crippen LogP contribution is 2.23. The van der Waals surface area contributed by atoms with Crippen LogP contribution in [0.2, 0.25) is 0 Å². The van der Waals surface area contributed by atoms with Crippen LogP contribution in [0.5, 0.6) is 5.75 Å². The van der Waals surface area contributed by atoms with Gasteiger partial charge in [0, 0.05) is 35.6 Å². The van der Waals surface area contributed by atoms with Gasteiger partial charge in [-0.05, 0) is 31.5 Å². The summed E-state index contributed by atoms with van der Waals surface area (Å²) in [5.41, 5.74) is 0.784. The maximum Gasteiger partial charge on any atom is 0.336 e. The normalized spacial score (nSPS) is 17.0. The van der Waals surface area contributed by atoms with E-state index in [0.717, 1.165) is 16.7 Å². The molecule has 3 rings (SSSR count). The molecule has 1 unspecified atom stereocenters. The third-order valence-electron chi connectivity index (χ3n) is 4.29. The molecule has 1 aliphatic rings. The van der Waals surface area contributed by atoms with Crippen molar-refractivity contribution in [1.82, 2.24) is 4.90 Å². The summed E-state index contributed by atoms with van der Waals surface area (Å²) in [6, 6.07) is 5.93. The SMILES string of the molecule is CCOC(=O)C1CSCCN1C(=O)COc1ccc2c(C)cc(=O)oc2c1. The van der Waals surface area contributed by atoms with Gasteiger partial charge in [-0.15, -0.1) is 0 Å². The maximum atomic E-state index is 12.6. The van der Waals surface area contributed by atoms with E-state index in [4.69, 9.17) is 13.9 Å². The number of ether oxygens (including phenoxy) is 2. The van der Waals surface area contributed by atoms with E-state index in [0.29, 0.717) is 23.6 Å². The number of hydrogen-bond acceptors (Lipinski definition) is 7. The summed E-state index contributed by atoms with van der Waals surface area (Å²) >= 11 is 1.62. The number of hydrogen-bond donors (Lipinski definition) is 0. The van der Waals surface area contributed by atoms with Crippen LogP contribution in [0.4, 0.5) is 0 Å². The highest BCUT2D eigenvalue weighted by Gasteiger charge is 2.33. The number of aryl methyl sites for hydroxylation is 1. The summed E-state index contributed by atoms with van der Waals surface area (Å²) in [7, 11) is 0. The molecule has 1 atom stereocenters. The molecule has 144 valence electrons. The van der Waals surface area contributed by atoms with E-state index in [-0.39, 0.29) is 25.1 Å². The molecule has 1 fully saturated rings. The molecule has 0 aliphatic carbocycles. The van der Waals surface area contributed by atoms with Crippen molar-refractivity contribution in [2.75, 3.05) is 31.3 Å². The summed E-state index contributed by atoms with van der Waals surface area (Å²) in [5, 5.41) is 0.809. The van der Waals surface area contributed by atoms with Gasteiger partial charge >= 0.3 is 11.6 Å². The molecule has 0 radical (unpaired) electrons. The number of benzene rings is 1. The summed E-state index contributed by atoms with van der Waals surface area (Å²) in [6.07, 6.45) is 0. The molecule has 8 heteroatoms. The van der Waals surface area contributed by atoms with Crippen molar-refractivity contribution in [2.24, 2.45) is 0 Å². The van der Waals surface area contributed by atoms with Crippen LogP contribution in [-0.4, -0.2) is 54.1 Å². The molecule has 2 heterocycles. The number of carbonyl (C=O) groups excluding carboxylic acids is 2. The maximum absolute atomic E-state index is 12.6. The average molecular weight is 391 g/mol. The van der Waals surface area contributed by atoms with Crippen LogP contribution in [0.1, 0.15) is 12.5 Å². The Bertz CT molecular complexity index is 909. The molecule has 1 aromatic heterocycles. The van der Waals surface area contributed by atoms with Gasteiger partial charge in [0.2, 0.25) is 0 Å². The minimum absolute atomic E-state index is 0.206.